The zero-order chi connectivity index (χ0) is 21.4. The van der Waals surface area contributed by atoms with Crippen LogP contribution in [-0.2, 0) is 12.1 Å². The Kier molecular flexibility index (Phi) is 5.30. The Bertz CT molecular complexity index is 1240. The molecule has 31 heavy (non-hydrogen) atoms. The third kappa shape index (κ3) is 3.99. The largest absolute Gasteiger partial charge is 0.343 e. The van der Waals surface area contributed by atoms with Crippen LogP contribution in [0.25, 0.3) is 20.5 Å². The van der Waals surface area contributed by atoms with Crippen molar-refractivity contribution in [3.63, 3.8) is 0 Å². The second-order valence-corrected chi connectivity index (χ2v) is 9.62. The topological polar surface area (TPSA) is 41.1 Å². The Morgan fingerprint density at radius 1 is 1.03 bits per heavy atom. The molecule has 3 nitrogen and oxygen atoms in total. The third-order valence-electron chi connectivity index (χ3n) is 5.89. The molecule has 1 saturated carbocycles. The van der Waals surface area contributed by atoms with Crippen LogP contribution in [0.4, 0.5) is 0 Å². The molecule has 0 saturated heterocycles. The predicted molar refractivity (Wildman–Crippen MR) is 130 cm³/mol. The molecule has 0 aliphatic heterocycles. The standard InChI is InChI=1S/C26H23ClN2OS/c1-28-16-18-7-2-4-8-22(18)25(30)29-26(10-11-26)20-12-19(13-21(27)15-20)24-14-17-6-3-5-9-23(17)31-24/h2-9,12-15,28H,10-11,16H2,1H3,(H,29,30). The van der Waals surface area contributed by atoms with Crippen molar-refractivity contribution in [2.75, 3.05) is 7.05 Å². The molecule has 2 N–H and O–H groups in total. The molecule has 1 aliphatic rings. The van der Waals surface area contributed by atoms with Gasteiger partial charge >= 0.3 is 0 Å². The Morgan fingerprint density at radius 3 is 2.58 bits per heavy atom. The summed E-state index contributed by atoms with van der Waals surface area (Å²) >= 11 is 8.30. The van der Waals surface area contributed by atoms with E-state index >= 15 is 0 Å². The number of hydrogen-bond acceptors (Lipinski definition) is 3. The predicted octanol–water partition coefficient (Wildman–Crippen LogP) is 6.36. The van der Waals surface area contributed by atoms with Gasteiger partial charge in [0.2, 0.25) is 0 Å². The summed E-state index contributed by atoms with van der Waals surface area (Å²) in [5, 5.41) is 8.38. The van der Waals surface area contributed by atoms with E-state index in [1.165, 1.54) is 15.0 Å². The summed E-state index contributed by atoms with van der Waals surface area (Å²) in [7, 11) is 1.89. The van der Waals surface area contributed by atoms with E-state index in [0.717, 1.165) is 35.1 Å². The summed E-state index contributed by atoms with van der Waals surface area (Å²) in [4.78, 5) is 14.3. The van der Waals surface area contributed by atoms with Crippen molar-refractivity contribution >= 4 is 38.9 Å². The average Bonchev–Trinajstić information content (AvgIpc) is 3.42. The summed E-state index contributed by atoms with van der Waals surface area (Å²) in [6.07, 6.45) is 1.83. The van der Waals surface area contributed by atoms with Crippen LogP contribution in [0.15, 0.2) is 72.8 Å². The van der Waals surface area contributed by atoms with Crippen molar-refractivity contribution < 1.29 is 4.79 Å². The van der Waals surface area contributed by atoms with Crippen LogP contribution in [0.1, 0.15) is 34.3 Å². The Labute approximate surface area is 191 Å². The molecular formula is C26H23ClN2OS. The fourth-order valence-electron chi connectivity index (χ4n) is 4.11. The van der Waals surface area contributed by atoms with Crippen molar-refractivity contribution in [2.24, 2.45) is 0 Å². The van der Waals surface area contributed by atoms with Gasteiger partial charge in [0.1, 0.15) is 0 Å². The first kappa shape index (κ1) is 20.3. The van der Waals surface area contributed by atoms with Gasteiger partial charge in [-0.3, -0.25) is 4.79 Å². The molecule has 1 heterocycles. The minimum absolute atomic E-state index is 0.0354. The molecule has 1 amide bonds. The van der Waals surface area contributed by atoms with Gasteiger partial charge in [-0.2, -0.15) is 0 Å². The quantitative estimate of drug-likeness (QED) is 0.361. The van der Waals surface area contributed by atoms with Gasteiger partial charge in [0.15, 0.2) is 0 Å². The molecular weight excluding hydrogens is 424 g/mol. The third-order valence-corrected chi connectivity index (χ3v) is 7.28. The fourth-order valence-corrected chi connectivity index (χ4v) is 5.40. The molecule has 4 aromatic rings. The maximum atomic E-state index is 13.2. The second kappa shape index (κ2) is 8.12. The van der Waals surface area contributed by atoms with E-state index in [1.807, 2.05) is 43.4 Å². The monoisotopic (exact) mass is 446 g/mol. The number of rotatable bonds is 6. The minimum atomic E-state index is -0.347. The van der Waals surface area contributed by atoms with Crippen LogP contribution < -0.4 is 10.6 Å². The van der Waals surface area contributed by atoms with E-state index in [2.05, 4.69) is 47.0 Å². The molecule has 156 valence electrons. The van der Waals surface area contributed by atoms with Gasteiger partial charge in [-0.15, -0.1) is 11.3 Å². The average molecular weight is 447 g/mol. The lowest BCUT2D eigenvalue weighted by molar-refractivity contribution is 0.0929. The Hall–Kier alpha value is -2.66. The van der Waals surface area contributed by atoms with Crippen LogP contribution in [0.5, 0.6) is 0 Å². The van der Waals surface area contributed by atoms with Gasteiger partial charge in [-0.05, 0) is 78.4 Å². The summed E-state index contributed by atoms with van der Waals surface area (Å²) in [5.74, 6) is -0.0354. The molecule has 0 atom stereocenters. The Balaban J connectivity index is 1.47. The highest BCUT2D eigenvalue weighted by atomic mass is 35.5. The summed E-state index contributed by atoms with van der Waals surface area (Å²) in [6, 6.07) is 24.5. The van der Waals surface area contributed by atoms with Crippen LogP contribution in [0.2, 0.25) is 5.02 Å². The maximum absolute atomic E-state index is 13.2. The molecule has 0 spiro atoms. The van der Waals surface area contributed by atoms with E-state index in [-0.39, 0.29) is 11.4 Å². The van der Waals surface area contributed by atoms with E-state index < -0.39 is 0 Å². The number of amides is 1. The highest BCUT2D eigenvalue weighted by molar-refractivity contribution is 7.22. The molecule has 1 aliphatic carbocycles. The molecule has 5 heteroatoms. The highest BCUT2D eigenvalue weighted by Gasteiger charge is 2.46. The van der Waals surface area contributed by atoms with Gasteiger partial charge in [0.05, 0.1) is 5.54 Å². The molecule has 0 radical (unpaired) electrons. The van der Waals surface area contributed by atoms with E-state index in [9.17, 15) is 4.79 Å². The smallest absolute Gasteiger partial charge is 0.252 e. The number of nitrogens with one attached hydrogen (secondary N) is 2. The van der Waals surface area contributed by atoms with Gasteiger partial charge in [0, 0.05) is 26.7 Å². The number of carbonyl (C=O) groups excluding carboxylic acids is 1. The van der Waals surface area contributed by atoms with Crippen LogP contribution in [0.3, 0.4) is 0 Å². The number of halogens is 1. The first-order chi connectivity index (χ1) is 15.1. The molecule has 5 rings (SSSR count). The number of hydrogen-bond donors (Lipinski definition) is 2. The van der Waals surface area contributed by atoms with Crippen LogP contribution >= 0.6 is 22.9 Å². The number of benzene rings is 3. The summed E-state index contributed by atoms with van der Waals surface area (Å²) in [5.41, 5.74) is 3.54. The van der Waals surface area contributed by atoms with Gasteiger partial charge in [-0.1, -0.05) is 48.0 Å². The SMILES string of the molecule is CNCc1ccccc1C(=O)NC1(c2cc(Cl)cc(-c3cc4ccccc4s3)c2)CC1. The molecule has 1 fully saturated rings. The van der Waals surface area contributed by atoms with Crippen LogP contribution in [0, 0.1) is 0 Å². The lowest BCUT2D eigenvalue weighted by Gasteiger charge is -2.20. The van der Waals surface area contributed by atoms with E-state index in [1.54, 1.807) is 11.3 Å². The van der Waals surface area contributed by atoms with Crippen molar-refractivity contribution in [3.05, 3.63) is 94.5 Å². The van der Waals surface area contributed by atoms with Gasteiger partial charge < -0.3 is 10.6 Å². The van der Waals surface area contributed by atoms with Crippen molar-refractivity contribution in [2.45, 2.75) is 24.9 Å². The molecule has 0 bridgehead atoms. The van der Waals surface area contributed by atoms with Crippen molar-refractivity contribution in [3.8, 4) is 10.4 Å². The summed E-state index contributed by atoms with van der Waals surface area (Å²) < 4.78 is 1.26. The lowest BCUT2D eigenvalue weighted by Crippen LogP contribution is -2.35. The second-order valence-electron chi connectivity index (χ2n) is 8.10. The van der Waals surface area contributed by atoms with Gasteiger partial charge in [-0.25, -0.2) is 0 Å². The fraction of sp³-hybridized carbons (Fsp3) is 0.192. The number of thiophene rings is 1. The highest BCUT2D eigenvalue weighted by Crippen LogP contribution is 2.48. The van der Waals surface area contributed by atoms with E-state index in [0.29, 0.717) is 11.6 Å². The van der Waals surface area contributed by atoms with E-state index in [4.69, 9.17) is 11.6 Å². The molecule has 3 aromatic carbocycles. The van der Waals surface area contributed by atoms with Crippen molar-refractivity contribution in [1.29, 1.82) is 0 Å². The minimum Gasteiger partial charge on any atom is -0.343 e. The zero-order valence-corrected chi connectivity index (χ0v) is 18.8. The normalized spacial score (nSPS) is 14.5. The number of fused-ring (bicyclic) bond motifs is 1. The molecule has 0 unspecified atom stereocenters. The lowest BCUT2D eigenvalue weighted by atomic mass is 9.99. The molecule has 1 aromatic heterocycles. The van der Waals surface area contributed by atoms with Crippen LogP contribution in [-0.4, -0.2) is 13.0 Å². The van der Waals surface area contributed by atoms with Gasteiger partial charge in [0.25, 0.3) is 5.91 Å². The first-order valence-electron chi connectivity index (χ1n) is 10.4. The number of carbonyl (C=O) groups is 1. The zero-order valence-electron chi connectivity index (χ0n) is 17.2. The first-order valence-corrected chi connectivity index (χ1v) is 11.6. The Morgan fingerprint density at radius 2 is 1.81 bits per heavy atom. The maximum Gasteiger partial charge on any atom is 0.252 e. The van der Waals surface area contributed by atoms with Crippen molar-refractivity contribution in [1.82, 2.24) is 10.6 Å². The summed E-state index contributed by atoms with van der Waals surface area (Å²) in [6.45, 7) is 0.657.